The van der Waals surface area contributed by atoms with Crippen molar-refractivity contribution in [1.29, 1.82) is 0 Å². The third kappa shape index (κ3) is 3.37. The van der Waals surface area contributed by atoms with E-state index in [9.17, 15) is 35.1 Å². The summed E-state index contributed by atoms with van der Waals surface area (Å²) >= 11 is 0. The van der Waals surface area contributed by atoms with Crippen LogP contribution in [-0.2, 0) is 0 Å². The average Bonchev–Trinajstić information content (AvgIpc) is 2.77. The summed E-state index contributed by atoms with van der Waals surface area (Å²) in [7, 11) is 0. The lowest BCUT2D eigenvalue weighted by Crippen LogP contribution is -1.98. The molecule has 5 aromatic carbocycles. The van der Waals surface area contributed by atoms with Crippen LogP contribution in [0.25, 0.3) is 43.8 Å². The standard InChI is InChI=1S/C26H10F8/c27-12-1-3-14-16(7-12)24(11-5-22(32)26(34)23(33)6-11)17-9-20(30)21(31)10-18(17)25(14)15-4-2-13(28)8-19(15)29/h1-10H. The van der Waals surface area contributed by atoms with Crippen molar-refractivity contribution in [3.05, 3.63) is 107 Å². The highest BCUT2D eigenvalue weighted by Crippen LogP contribution is 2.45. The van der Waals surface area contributed by atoms with Crippen LogP contribution < -0.4 is 0 Å². The Balaban J connectivity index is 2.06. The number of hydrogen-bond donors (Lipinski definition) is 0. The first-order valence-corrected chi connectivity index (χ1v) is 9.80. The molecule has 0 radical (unpaired) electrons. The van der Waals surface area contributed by atoms with Gasteiger partial charge in [-0.1, -0.05) is 6.07 Å². The molecule has 0 aliphatic heterocycles. The van der Waals surface area contributed by atoms with Crippen LogP contribution in [0.2, 0.25) is 0 Å². The Morgan fingerprint density at radius 2 is 0.912 bits per heavy atom. The first kappa shape index (κ1) is 21.9. The van der Waals surface area contributed by atoms with Crippen molar-refractivity contribution in [3.8, 4) is 22.3 Å². The van der Waals surface area contributed by atoms with Gasteiger partial charge < -0.3 is 0 Å². The summed E-state index contributed by atoms with van der Waals surface area (Å²) in [4.78, 5) is 0. The lowest BCUT2D eigenvalue weighted by molar-refractivity contribution is 0.448. The molecule has 8 heteroatoms. The molecular weight excluding hydrogens is 464 g/mol. The largest absolute Gasteiger partial charge is 0.207 e. The Labute approximate surface area is 186 Å². The second-order valence-corrected chi connectivity index (χ2v) is 7.63. The van der Waals surface area contributed by atoms with Crippen LogP contribution in [-0.4, -0.2) is 0 Å². The second kappa shape index (κ2) is 7.83. The zero-order valence-corrected chi connectivity index (χ0v) is 16.8. The first-order valence-electron chi connectivity index (χ1n) is 9.80. The SMILES string of the molecule is Fc1ccc(-c2c3ccc(F)cc3c(-c3cc(F)c(F)c(F)c3)c3cc(F)c(F)cc23)c(F)c1. The summed E-state index contributed by atoms with van der Waals surface area (Å²) in [6.45, 7) is 0. The van der Waals surface area contributed by atoms with Crippen molar-refractivity contribution in [3.63, 3.8) is 0 Å². The molecule has 0 aliphatic carbocycles. The first-order chi connectivity index (χ1) is 16.2. The minimum absolute atomic E-state index is 0.0202. The Bertz CT molecular complexity index is 1620. The molecule has 0 saturated heterocycles. The van der Waals surface area contributed by atoms with Gasteiger partial charge in [-0.15, -0.1) is 0 Å². The zero-order chi connectivity index (χ0) is 24.3. The van der Waals surface area contributed by atoms with E-state index in [1.54, 1.807) is 0 Å². The number of hydrogen-bond acceptors (Lipinski definition) is 0. The summed E-state index contributed by atoms with van der Waals surface area (Å²) in [5.41, 5.74) is -0.633. The Kier molecular flexibility index (Phi) is 5.04. The van der Waals surface area contributed by atoms with E-state index < -0.39 is 46.5 Å². The Hall–Kier alpha value is -3.94. The maximum Gasteiger partial charge on any atom is 0.194 e. The molecule has 0 saturated carbocycles. The van der Waals surface area contributed by atoms with E-state index in [1.807, 2.05) is 0 Å². The molecule has 0 N–H and O–H groups in total. The van der Waals surface area contributed by atoms with Crippen LogP contribution >= 0.6 is 0 Å². The number of benzene rings is 5. The van der Waals surface area contributed by atoms with Gasteiger partial charge in [-0.25, -0.2) is 35.1 Å². The van der Waals surface area contributed by atoms with Gasteiger partial charge in [0, 0.05) is 17.2 Å². The van der Waals surface area contributed by atoms with Crippen molar-refractivity contribution in [1.82, 2.24) is 0 Å². The van der Waals surface area contributed by atoms with E-state index in [0.717, 1.165) is 30.3 Å². The Morgan fingerprint density at radius 3 is 1.53 bits per heavy atom. The molecule has 0 atom stereocenters. The third-order valence-corrected chi connectivity index (χ3v) is 5.59. The molecule has 0 bridgehead atoms. The van der Waals surface area contributed by atoms with Crippen molar-refractivity contribution in [2.24, 2.45) is 0 Å². The normalized spacial score (nSPS) is 11.5. The maximum absolute atomic E-state index is 14.8. The van der Waals surface area contributed by atoms with Crippen LogP contribution in [0.5, 0.6) is 0 Å². The molecule has 0 heterocycles. The molecular formula is C26H10F8. The zero-order valence-electron chi connectivity index (χ0n) is 16.8. The van der Waals surface area contributed by atoms with Gasteiger partial charge in [0.25, 0.3) is 0 Å². The van der Waals surface area contributed by atoms with Gasteiger partial charge in [-0.3, -0.25) is 0 Å². The molecule has 5 rings (SSSR count). The van der Waals surface area contributed by atoms with Crippen LogP contribution in [0, 0.1) is 46.5 Å². The summed E-state index contributed by atoms with van der Waals surface area (Å²) in [5, 5.41) is -0.182. The van der Waals surface area contributed by atoms with E-state index in [2.05, 4.69) is 0 Å². The van der Waals surface area contributed by atoms with Crippen LogP contribution in [0.15, 0.2) is 60.7 Å². The molecule has 0 spiro atoms. The van der Waals surface area contributed by atoms with Gasteiger partial charge in [0.2, 0.25) is 0 Å². The fourth-order valence-electron chi connectivity index (χ4n) is 4.19. The van der Waals surface area contributed by atoms with E-state index in [-0.39, 0.29) is 43.8 Å². The molecule has 0 aromatic heterocycles. The van der Waals surface area contributed by atoms with Crippen LogP contribution in [0.4, 0.5) is 35.1 Å². The van der Waals surface area contributed by atoms with Gasteiger partial charge >= 0.3 is 0 Å². The molecule has 0 fully saturated rings. The monoisotopic (exact) mass is 474 g/mol. The van der Waals surface area contributed by atoms with E-state index >= 15 is 0 Å². The van der Waals surface area contributed by atoms with E-state index in [0.29, 0.717) is 24.3 Å². The molecule has 0 amide bonds. The number of halogens is 8. The molecule has 0 nitrogen and oxygen atoms in total. The van der Waals surface area contributed by atoms with Crippen molar-refractivity contribution >= 4 is 21.5 Å². The highest BCUT2D eigenvalue weighted by atomic mass is 19.2. The molecule has 170 valence electrons. The minimum atomic E-state index is -1.74. The average molecular weight is 474 g/mol. The van der Waals surface area contributed by atoms with Crippen LogP contribution in [0.1, 0.15) is 0 Å². The lowest BCUT2D eigenvalue weighted by Gasteiger charge is -2.18. The Morgan fingerprint density at radius 1 is 0.382 bits per heavy atom. The van der Waals surface area contributed by atoms with Crippen LogP contribution in [0.3, 0.4) is 0 Å². The van der Waals surface area contributed by atoms with Gasteiger partial charge in [0.15, 0.2) is 29.1 Å². The summed E-state index contributed by atoms with van der Waals surface area (Å²) in [6, 6.07) is 8.59. The van der Waals surface area contributed by atoms with Crippen molar-refractivity contribution in [2.45, 2.75) is 0 Å². The molecule has 34 heavy (non-hydrogen) atoms. The lowest BCUT2D eigenvalue weighted by atomic mass is 9.85. The smallest absolute Gasteiger partial charge is 0.194 e. The maximum atomic E-state index is 14.8. The topological polar surface area (TPSA) is 0 Å². The quantitative estimate of drug-likeness (QED) is 0.137. The fourth-order valence-corrected chi connectivity index (χ4v) is 4.19. The van der Waals surface area contributed by atoms with E-state index in [1.165, 1.54) is 6.07 Å². The predicted molar refractivity (Wildman–Crippen MR) is 112 cm³/mol. The number of fused-ring (bicyclic) bond motifs is 2. The third-order valence-electron chi connectivity index (χ3n) is 5.59. The fraction of sp³-hybridized carbons (Fsp3) is 0. The summed E-state index contributed by atoms with van der Waals surface area (Å²) in [6.07, 6.45) is 0. The highest BCUT2D eigenvalue weighted by Gasteiger charge is 2.23. The van der Waals surface area contributed by atoms with Crippen molar-refractivity contribution < 1.29 is 35.1 Å². The summed E-state index contributed by atoms with van der Waals surface area (Å²) in [5.74, 6) is -10.2. The second-order valence-electron chi connectivity index (χ2n) is 7.63. The highest BCUT2D eigenvalue weighted by molar-refractivity contribution is 6.21. The van der Waals surface area contributed by atoms with Crippen molar-refractivity contribution in [2.75, 3.05) is 0 Å². The molecule has 5 aromatic rings. The molecule has 0 unspecified atom stereocenters. The van der Waals surface area contributed by atoms with E-state index in [4.69, 9.17) is 0 Å². The van der Waals surface area contributed by atoms with Gasteiger partial charge in [-0.2, -0.15) is 0 Å². The predicted octanol–water partition coefficient (Wildman–Crippen LogP) is 8.44. The summed E-state index contributed by atoms with van der Waals surface area (Å²) < 4.78 is 113. The van der Waals surface area contributed by atoms with Gasteiger partial charge in [-0.05, 0) is 81.2 Å². The molecule has 0 aliphatic rings. The van der Waals surface area contributed by atoms with Gasteiger partial charge in [0.1, 0.15) is 17.5 Å². The van der Waals surface area contributed by atoms with Gasteiger partial charge in [0.05, 0.1) is 0 Å². The minimum Gasteiger partial charge on any atom is -0.207 e. The number of rotatable bonds is 2.